The molecule has 0 bridgehead atoms. The number of rotatable bonds is 4. The quantitative estimate of drug-likeness (QED) is 0.804. The fourth-order valence-corrected chi connectivity index (χ4v) is 2.44. The highest BCUT2D eigenvalue weighted by Gasteiger charge is 2.14. The number of hydrogen-bond donors (Lipinski definition) is 1. The predicted octanol–water partition coefficient (Wildman–Crippen LogP) is 2.75. The minimum atomic E-state index is -0.273. The van der Waals surface area contributed by atoms with Gasteiger partial charge >= 0.3 is 0 Å². The number of carbonyl (C=O) groups is 1. The highest BCUT2D eigenvalue weighted by Crippen LogP contribution is 2.29. The van der Waals surface area contributed by atoms with E-state index in [4.69, 9.17) is 9.47 Å². The number of imidazole rings is 1. The van der Waals surface area contributed by atoms with Crippen molar-refractivity contribution in [2.75, 3.05) is 19.6 Å². The Hall–Kier alpha value is -3.02. The van der Waals surface area contributed by atoms with Crippen molar-refractivity contribution in [2.45, 2.75) is 6.92 Å². The maximum Gasteiger partial charge on any atom is 0.270 e. The number of nitrogens with one attached hydrogen (secondary N) is 1. The van der Waals surface area contributed by atoms with Gasteiger partial charge in [0.2, 0.25) is 0 Å². The van der Waals surface area contributed by atoms with Gasteiger partial charge in [0.25, 0.3) is 5.91 Å². The van der Waals surface area contributed by atoms with Crippen LogP contribution in [0.15, 0.2) is 42.7 Å². The third-order valence-corrected chi connectivity index (χ3v) is 3.69. The standard InChI is InChI=1S/C17H17N3O3/c1-11-15(22-2)8-12(9-16(11)23-3)17(21)19-20-10-18-13-6-4-5-7-14(13)20/h4-10H,1-3H3,(H,19,21). The third kappa shape index (κ3) is 2.70. The molecule has 3 rings (SSSR count). The summed E-state index contributed by atoms with van der Waals surface area (Å²) in [5, 5.41) is 0. The van der Waals surface area contributed by atoms with Gasteiger partial charge in [-0.1, -0.05) is 12.1 Å². The van der Waals surface area contributed by atoms with E-state index in [1.165, 1.54) is 0 Å². The fraction of sp³-hybridized carbons (Fsp3) is 0.176. The molecular formula is C17H17N3O3. The molecule has 0 spiro atoms. The van der Waals surface area contributed by atoms with Crippen LogP contribution in [0.1, 0.15) is 15.9 Å². The van der Waals surface area contributed by atoms with Crippen molar-refractivity contribution >= 4 is 16.9 Å². The lowest BCUT2D eigenvalue weighted by molar-refractivity contribution is 0.101. The lowest BCUT2D eigenvalue weighted by Crippen LogP contribution is -2.22. The number of aromatic nitrogens is 2. The molecule has 0 atom stereocenters. The van der Waals surface area contributed by atoms with Crippen LogP contribution >= 0.6 is 0 Å². The molecule has 1 N–H and O–H groups in total. The summed E-state index contributed by atoms with van der Waals surface area (Å²) in [6.07, 6.45) is 1.57. The molecule has 3 aromatic rings. The molecule has 0 saturated heterocycles. The van der Waals surface area contributed by atoms with Gasteiger partial charge in [-0.3, -0.25) is 10.2 Å². The summed E-state index contributed by atoms with van der Waals surface area (Å²) in [5.41, 5.74) is 5.74. The Morgan fingerprint density at radius 2 is 1.78 bits per heavy atom. The molecule has 0 fully saturated rings. The van der Waals surface area contributed by atoms with Crippen LogP contribution in [0, 0.1) is 6.92 Å². The van der Waals surface area contributed by atoms with Crippen LogP contribution in [-0.2, 0) is 0 Å². The Labute approximate surface area is 133 Å². The molecule has 0 aliphatic carbocycles. The molecule has 6 heteroatoms. The number of para-hydroxylation sites is 2. The lowest BCUT2D eigenvalue weighted by atomic mass is 10.1. The van der Waals surface area contributed by atoms with E-state index < -0.39 is 0 Å². The van der Waals surface area contributed by atoms with E-state index in [-0.39, 0.29) is 5.91 Å². The van der Waals surface area contributed by atoms with Crippen molar-refractivity contribution in [1.82, 2.24) is 9.66 Å². The first-order valence-corrected chi connectivity index (χ1v) is 7.10. The Morgan fingerprint density at radius 3 is 2.43 bits per heavy atom. The second-order valence-corrected chi connectivity index (χ2v) is 5.05. The highest BCUT2D eigenvalue weighted by molar-refractivity contribution is 6.01. The van der Waals surface area contributed by atoms with E-state index in [2.05, 4.69) is 10.4 Å². The van der Waals surface area contributed by atoms with E-state index in [1.54, 1.807) is 37.4 Å². The molecule has 23 heavy (non-hydrogen) atoms. The Morgan fingerprint density at radius 1 is 1.13 bits per heavy atom. The first-order chi connectivity index (χ1) is 11.1. The van der Waals surface area contributed by atoms with Gasteiger partial charge in [-0.2, -0.15) is 0 Å². The van der Waals surface area contributed by atoms with Gasteiger partial charge < -0.3 is 9.47 Å². The largest absolute Gasteiger partial charge is 0.496 e. The summed E-state index contributed by atoms with van der Waals surface area (Å²) in [4.78, 5) is 16.8. The van der Waals surface area contributed by atoms with Gasteiger partial charge in [0.15, 0.2) is 0 Å². The summed E-state index contributed by atoms with van der Waals surface area (Å²) >= 11 is 0. The smallest absolute Gasteiger partial charge is 0.270 e. The van der Waals surface area contributed by atoms with Gasteiger partial charge in [-0.05, 0) is 31.2 Å². The minimum absolute atomic E-state index is 0.273. The molecule has 1 heterocycles. The highest BCUT2D eigenvalue weighted by atomic mass is 16.5. The maximum absolute atomic E-state index is 12.5. The van der Waals surface area contributed by atoms with Crippen LogP contribution in [0.2, 0.25) is 0 Å². The topological polar surface area (TPSA) is 65.4 Å². The Kier molecular flexibility index (Phi) is 3.89. The number of methoxy groups -OCH3 is 2. The number of fused-ring (bicyclic) bond motifs is 1. The number of hydrogen-bond acceptors (Lipinski definition) is 4. The first-order valence-electron chi connectivity index (χ1n) is 7.10. The molecule has 1 aromatic heterocycles. The van der Waals surface area contributed by atoms with Gasteiger partial charge in [0, 0.05) is 11.1 Å². The molecule has 6 nitrogen and oxygen atoms in total. The second-order valence-electron chi connectivity index (χ2n) is 5.05. The monoisotopic (exact) mass is 311 g/mol. The third-order valence-electron chi connectivity index (χ3n) is 3.69. The van der Waals surface area contributed by atoms with Crippen molar-refractivity contribution in [3.63, 3.8) is 0 Å². The summed E-state index contributed by atoms with van der Waals surface area (Å²) in [7, 11) is 3.12. The first kappa shape index (κ1) is 14.9. The number of ether oxygens (including phenoxy) is 2. The normalized spacial score (nSPS) is 10.6. The Balaban J connectivity index is 1.94. The van der Waals surface area contributed by atoms with Gasteiger partial charge in [0.1, 0.15) is 17.8 Å². The van der Waals surface area contributed by atoms with Gasteiger partial charge in [-0.15, -0.1) is 0 Å². The molecular weight excluding hydrogens is 294 g/mol. The molecule has 0 saturated carbocycles. The van der Waals surface area contributed by atoms with Crippen LogP contribution in [0.25, 0.3) is 11.0 Å². The van der Waals surface area contributed by atoms with Crippen molar-refractivity contribution < 1.29 is 14.3 Å². The van der Waals surface area contributed by atoms with E-state index in [0.29, 0.717) is 17.1 Å². The van der Waals surface area contributed by atoms with Crippen LogP contribution in [0.4, 0.5) is 0 Å². The van der Waals surface area contributed by atoms with Crippen molar-refractivity contribution in [3.8, 4) is 11.5 Å². The number of benzene rings is 2. The molecule has 0 aliphatic rings. The maximum atomic E-state index is 12.5. The zero-order chi connectivity index (χ0) is 16.4. The summed E-state index contributed by atoms with van der Waals surface area (Å²) < 4.78 is 12.2. The second kappa shape index (κ2) is 6.00. The molecule has 2 aromatic carbocycles. The average molecular weight is 311 g/mol. The van der Waals surface area contributed by atoms with Crippen LogP contribution in [0.3, 0.4) is 0 Å². The van der Waals surface area contributed by atoms with Gasteiger partial charge in [0.05, 0.1) is 25.3 Å². The van der Waals surface area contributed by atoms with Gasteiger partial charge in [-0.25, -0.2) is 9.66 Å². The molecule has 0 unspecified atom stereocenters. The van der Waals surface area contributed by atoms with Crippen molar-refractivity contribution in [1.29, 1.82) is 0 Å². The van der Waals surface area contributed by atoms with Crippen LogP contribution < -0.4 is 14.9 Å². The molecule has 118 valence electrons. The van der Waals surface area contributed by atoms with E-state index in [1.807, 2.05) is 31.2 Å². The van der Waals surface area contributed by atoms with E-state index in [0.717, 1.165) is 16.6 Å². The molecule has 0 aliphatic heterocycles. The van der Waals surface area contributed by atoms with Crippen molar-refractivity contribution in [3.05, 3.63) is 53.9 Å². The summed E-state index contributed by atoms with van der Waals surface area (Å²) in [6.45, 7) is 1.88. The van der Waals surface area contributed by atoms with E-state index in [9.17, 15) is 4.79 Å². The zero-order valence-corrected chi connectivity index (χ0v) is 13.2. The number of nitrogens with zero attached hydrogens (tertiary/aromatic N) is 2. The zero-order valence-electron chi connectivity index (χ0n) is 13.2. The number of amides is 1. The number of carbonyl (C=O) groups excluding carboxylic acids is 1. The summed E-state index contributed by atoms with van der Waals surface area (Å²) in [5.74, 6) is 0.930. The lowest BCUT2D eigenvalue weighted by Gasteiger charge is -2.13. The average Bonchev–Trinajstić information content (AvgIpc) is 2.98. The molecule has 1 amide bonds. The summed E-state index contributed by atoms with van der Waals surface area (Å²) in [6, 6.07) is 10.9. The van der Waals surface area contributed by atoms with Crippen LogP contribution in [0.5, 0.6) is 11.5 Å². The predicted molar refractivity (Wildman–Crippen MR) is 87.7 cm³/mol. The minimum Gasteiger partial charge on any atom is -0.496 e. The Bertz CT molecular complexity index is 845. The van der Waals surface area contributed by atoms with Crippen LogP contribution in [-0.4, -0.2) is 29.8 Å². The SMILES string of the molecule is COc1cc(C(=O)Nn2cnc3ccccc32)cc(OC)c1C. The van der Waals surface area contributed by atoms with Crippen molar-refractivity contribution in [2.24, 2.45) is 0 Å². The molecule has 0 radical (unpaired) electrons. The fourth-order valence-electron chi connectivity index (χ4n) is 2.44. The van der Waals surface area contributed by atoms with E-state index >= 15 is 0 Å².